The van der Waals surface area contributed by atoms with Crippen molar-refractivity contribution in [3.05, 3.63) is 35.4 Å². The van der Waals surface area contributed by atoms with Crippen molar-refractivity contribution in [2.75, 3.05) is 0 Å². The molecule has 1 aliphatic carbocycles. The summed E-state index contributed by atoms with van der Waals surface area (Å²) in [5.41, 5.74) is -5.20. The van der Waals surface area contributed by atoms with Gasteiger partial charge in [0.1, 0.15) is 6.10 Å². The van der Waals surface area contributed by atoms with Crippen LogP contribution in [0, 0.1) is 62.1 Å². The number of ether oxygens (including phenoxy) is 2. The smallest absolute Gasteiger partial charge is 0.416 e. The van der Waals surface area contributed by atoms with Crippen molar-refractivity contribution in [1.82, 2.24) is 0 Å². The zero-order chi connectivity index (χ0) is 21.9. The molecule has 3 aliphatic rings. The van der Waals surface area contributed by atoms with Gasteiger partial charge in [0.15, 0.2) is 5.41 Å². The molecule has 6 nitrogen and oxygen atoms in total. The highest BCUT2D eigenvalue weighted by atomic mass is 19.4. The fourth-order valence-electron chi connectivity index (χ4n) is 5.21. The van der Waals surface area contributed by atoms with Gasteiger partial charge in [-0.3, -0.25) is 5.41 Å². The Labute approximate surface area is 170 Å². The number of nitrogens with zero attached hydrogens (tertiary/aromatic N) is 3. The number of alkyl halides is 3. The first-order valence-corrected chi connectivity index (χ1v) is 9.47. The van der Waals surface area contributed by atoms with Crippen molar-refractivity contribution in [2.24, 2.45) is 22.7 Å². The third kappa shape index (κ3) is 2.29. The Bertz CT molecular complexity index is 1040. The van der Waals surface area contributed by atoms with E-state index in [0.717, 1.165) is 12.1 Å². The summed E-state index contributed by atoms with van der Waals surface area (Å²) in [7, 11) is 0. The summed E-state index contributed by atoms with van der Waals surface area (Å²) in [4.78, 5) is 0. The highest BCUT2D eigenvalue weighted by Crippen LogP contribution is 2.70. The minimum absolute atomic E-state index is 0.0534. The van der Waals surface area contributed by atoms with Gasteiger partial charge in [-0.15, -0.1) is 0 Å². The van der Waals surface area contributed by atoms with Crippen LogP contribution in [0.2, 0.25) is 0 Å². The molecule has 9 heteroatoms. The van der Waals surface area contributed by atoms with Gasteiger partial charge in [-0.05, 0) is 36.5 Å². The molecule has 0 spiro atoms. The van der Waals surface area contributed by atoms with Gasteiger partial charge in [0, 0.05) is 6.42 Å². The van der Waals surface area contributed by atoms with Crippen molar-refractivity contribution >= 4 is 5.90 Å². The molecule has 1 N–H and O–H groups in total. The van der Waals surface area contributed by atoms with Gasteiger partial charge in [0.25, 0.3) is 0 Å². The molecular weight excluding hydrogens is 397 g/mol. The lowest BCUT2D eigenvalue weighted by Gasteiger charge is -2.52. The van der Waals surface area contributed by atoms with E-state index in [0.29, 0.717) is 19.3 Å². The zero-order valence-electron chi connectivity index (χ0n) is 16.0. The Morgan fingerprint density at radius 3 is 2.47 bits per heavy atom. The van der Waals surface area contributed by atoms with E-state index in [-0.39, 0.29) is 11.5 Å². The minimum Gasteiger partial charge on any atom is -0.447 e. The van der Waals surface area contributed by atoms with Crippen LogP contribution in [-0.4, -0.2) is 11.7 Å². The fraction of sp³-hybridized carbons (Fsp3) is 0.524. The highest BCUT2D eigenvalue weighted by molar-refractivity contribution is 5.89. The van der Waals surface area contributed by atoms with Crippen LogP contribution in [-0.2, 0) is 15.7 Å². The van der Waals surface area contributed by atoms with Crippen molar-refractivity contribution in [3.63, 3.8) is 0 Å². The molecule has 5 atom stereocenters. The first kappa shape index (κ1) is 20.2. The lowest BCUT2D eigenvalue weighted by Crippen LogP contribution is -2.61. The number of halogens is 3. The standard InChI is InChI=1S/C21H17F3N4O2/c1-12-5-6-20-15(7-12)19(11-27,17(28)30-20)18(9-25,10-26)16(29-20)13-3-2-4-14(8-13)21(22,23)24/h2-4,8,12,15-16,28H,5-7H2,1H3. The van der Waals surface area contributed by atoms with Gasteiger partial charge in [-0.25, -0.2) is 0 Å². The summed E-state index contributed by atoms with van der Waals surface area (Å²) in [6.45, 7) is 1.96. The molecule has 30 heavy (non-hydrogen) atoms. The second kappa shape index (κ2) is 6.20. The predicted octanol–water partition coefficient (Wildman–Crippen LogP) is 4.46. The fourth-order valence-corrected chi connectivity index (χ4v) is 5.21. The number of hydrogen-bond acceptors (Lipinski definition) is 6. The first-order valence-electron chi connectivity index (χ1n) is 9.47. The molecule has 4 rings (SSSR count). The third-order valence-electron chi connectivity index (χ3n) is 6.69. The first-order chi connectivity index (χ1) is 14.1. The van der Waals surface area contributed by atoms with Crippen molar-refractivity contribution in [3.8, 4) is 18.2 Å². The quantitative estimate of drug-likeness (QED) is 0.729. The van der Waals surface area contributed by atoms with E-state index in [9.17, 15) is 29.0 Å². The van der Waals surface area contributed by atoms with Gasteiger partial charge < -0.3 is 9.47 Å². The van der Waals surface area contributed by atoms with Crippen LogP contribution in [0.15, 0.2) is 24.3 Å². The van der Waals surface area contributed by atoms with E-state index in [1.165, 1.54) is 12.1 Å². The zero-order valence-corrected chi connectivity index (χ0v) is 16.0. The SMILES string of the molecule is CC1CCC23OC(=N)C(C#N)(C2C1)C(C#N)(C#N)C(c1cccc(C(F)(F)F)c1)O3. The minimum atomic E-state index is -4.64. The van der Waals surface area contributed by atoms with Gasteiger partial charge in [-0.2, -0.15) is 29.0 Å². The summed E-state index contributed by atoms with van der Waals surface area (Å²) in [5, 5.41) is 38.9. The molecule has 0 amide bonds. The molecule has 154 valence electrons. The molecule has 2 bridgehead atoms. The molecule has 0 radical (unpaired) electrons. The summed E-state index contributed by atoms with van der Waals surface area (Å²) in [5.74, 6) is -2.54. The van der Waals surface area contributed by atoms with Crippen LogP contribution in [0.3, 0.4) is 0 Å². The van der Waals surface area contributed by atoms with Crippen LogP contribution in [0.25, 0.3) is 0 Å². The number of nitrogens with one attached hydrogen (secondary N) is 1. The Morgan fingerprint density at radius 1 is 1.17 bits per heavy atom. The number of nitriles is 3. The second-order valence-corrected chi connectivity index (χ2v) is 8.25. The monoisotopic (exact) mass is 414 g/mol. The average Bonchev–Trinajstić information content (AvgIpc) is 2.91. The van der Waals surface area contributed by atoms with Crippen LogP contribution in [0.5, 0.6) is 0 Å². The molecule has 1 saturated carbocycles. The maximum absolute atomic E-state index is 13.3. The van der Waals surface area contributed by atoms with E-state index in [1.54, 1.807) is 0 Å². The van der Waals surface area contributed by atoms with Crippen LogP contribution in [0.1, 0.15) is 43.4 Å². The lowest BCUT2D eigenvalue weighted by atomic mass is 9.50. The highest BCUT2D eigenvalue weighted by Gasteiger charge is 2.80. The molecule has 2 saturated heterocycles. The Kier molecular flexibility index (Phi) is 4.18. The van der Waals surface area contributed by atoms with E-state index in [4.69, 9.17) is 14.9 Å². The summed E-state index contributed by atoms with van der Waals surface area (Å²) < 4.78 is 51.7. The molecule has 2 heterocycles. The summed E-state index contributed by atoms with van der Waals surface area (Å²) in [6.07, 6.45) is -4.75. The van der Waals surface area contributed by atoms with E-state index in [2.05, 4.69) is 0 Å². The lowest BCUT2D eigenvalue weighted by molar-refractivity contribution is -0.298. The Morgan fingerprint density at radius 2 is 1.87 bits per heavy atom. The van der Waals surface area contributed by atoms with E-state index in [1.807, 2.05) is 25.1 Å². The van der Waals surface area contributed by atoms with E-state index >= 15 is 0 Å². The number of rotatable bonds is 1. The van der Waals surface area contributed by atoms with Gasteiger partial charge in [-0.1, -0.05) is 19.1 Å². The molecule has 5 unspecified atom stereocenters. The van der Waals surface area contributed by atoms with Crippen LogP contribution >= 0.6 is 0 Å². The summed E-state index contributed by atoms with van der Waals surface area (Å²) in [6, 6.07) is 9.93. The average molecular weight is 414 g/mol. The molecular formula is C21H17F3N4O2. The molecule has 2 aliphatic heterocycles. The van der Waals surface area contributed by atoms with Gasteiger partial charge >= 0.3 is 6.18 Å². The number of hydrogen-bond donors (Lipinski definition) is 1. The largest absolute Gasteiger partial charge is 0.447 e. The number of benzene rings is 1. The van der Waals surface area contributed by atoms with Crippen molar-refractivity contribution in [2.45, 2.75) is 44.3 Å². The van der Waals surface area contributed by atoms with Gasteiger partial charge in [0.2, 0.25) is 17.1 Å². The Balaban J connectivity index is 1.97. The molecule has 1 aromatic carbocycles. The molecule has 3 fully saturated rings. The summed E-state index contributed by atoms with van der Waals surface area (Å²) >= 11 is 0. The Hall–Kier alpha value is -3.09. The van der Waals surface area contributed by atoms with Crippen molar-refractivity contribution < 1.29 is 22.6 Å². The maximum Gasteiger partial charge on any atom is 0.416 e. The third-order valence-corrected chi connectivity index (χ3v) is 6.69. The van der Waals surface area contributed by atoms with Crippen LogP contribution < -0.4 is 0 Å². The molecule has 0 aromatic heterocycles. The van der Waals surface area contributed by atoms with Crippen LogP contribution in [0.4, 0.5) is 13.2 Å². The predicted molar refractivity (Wildman–Crippen MR) is 95.0 cm³/mol. The normalized spacial score (nSPS) is 36.6. The van der Waals surface area contributed by atoms with Gasteiger partial charge in [0.05, 0.1) is 29.7 Å². The van der Waals surface area contributed by atoms with E-state index < -0.39 is 46.3 Å². The topological polar surface area (TPSA) is 114 Å². The van der Waals surface area contributed by atoms with Crippen molar-refractivity contribution in [1.29, 1.82) is 21.2 Å². The second-order valence-electron chi connectivity index (χ2n) is 8.25. The maximum atomic E-state index is 13.3. The molecule has 1 aromatic rings.